The topological polar surface area (TPSA) is 169 Å². The quantitative estimate of drug-likeness (QED) is 0.377. The molecule has 0 bridgehead atoms. The van der Waals surface area contributed by atoms with Crippen LogP contribution in [-0.2, 0) is 9.59 Å². The molecule has 0 unspecified atom stereocenters. The van der Waals surface area contributed by atoms with Crippen LogP contribution >= 0.6 is 11.8 Å². The van der Waals surface area contributed by atoms with E-state index in [0.717, 1.165) is 11.8 Å². The molecular formula is C18H14N6O6S. The van der Waals surface area contributed by atoms with Gasteiger partial charge in [-0.2, -0.15) is 5.10 Å². The Morgan fingerprint density at radius 1 is 1.10 bits per heavy atom. The summed E-state index contributed by atoms with van der Waals surface area (Å²) in [6.07, 6.45) is 0.946. The fourth-order valence-electron chi connectivity index (χ4n) is 2.60. The highest BCUT2D eigenvalue weighted by atomic mass is 32.2. The maximum Gasteiger partial charge on any atom is 0.292 e. The number of rotatable bonds is 7. The maximum atomic E-state index is 12.2. The monoisotopic (exact) mass is 442 g/mol. The molecule has 2 aromatic carbocycles. The molecule has 1 aliphatic heterocycles. The first-order valence-electron chi connectivity index (χ1n) is 8.70. The summed E-state index contributed by atoms with van der Waals surface area (Å²) in [5, 5.41) is 33.8. The van der Waals surface area contributed by atoms with Crippen LogP contribution in [0.5, 0.6) is 0 Å². The fourth-order valence-corrected chi connectivity index (χ4v) is 3.53. The van der Waals surface area contributed by atoms with Gasteiger partial charge in [-0.1, -0.05) is 36.0 Å². The SMILES string of the molecule is O=C(C[C@@H]1S/C(=N\N=C/c2ccccc2[N+](=O)[O-])NC1=O)Nc1ccccc1[N+](=O)[O-]. The Hall–Kier alpha value is -4.13. The first-order chi connectivity index (χ1) is 14.8. The molecule has 1 fully saturated rings. The van der Waals surface area contributed by atoms with E-state index >= 15 is 0 Å². The van der Waals surface area contributed by atoms with Gasteiger partial charge in [-0.05, 0) is 12.1 Å². The minimum absolute atomic E-state index is 0.0313. The van der Waals surface area contributed by atoms with Crippen LogP contribution in [0.4, 0.5) is 17.1 Å². The van der Waals surface area contributed by atoms with E-state index in [2.05, 4.69) is 20.8 Å². The number of anilines is 1. The molecule has 1 aliphatic rings. The Bertz CT molecular complexity index is 1120. The molecule has 2 aromatic rings. The summed E-state index contributed by atoms with van der Waals surface area (Å²) >= 11 is 0.961. The number of hydrogen-bond acceptors (Lipinski definition) is 9. The molecule has 1 atom stereocenters. The van der Waals surface area contributed by atoms with E-state index in [1.54, 1.807) is 12.1 Å². The minimum atomic E-state index is -0.803. The maximum absolute atomic E-state index is 12.2. The first kappa shape index (κ1) is 21.6. The average molecular weight is 442 g/mol. The van der Waals surface area contributed by atoms with Crippen LogP contribution in [-0.4, -0.2) is 38.3 Å². The molecule has 1 saturated heterocycles. The lowest BCUT2D eigenvalue weighted by atomic mass is 10.2. The van der Waals surface area contributed by atoms with E-state index in [-0.39, 0.29) is 34.2 Å². The molecular weight excluding hydrogens is 428 g/mol. The summed E-state index contributed by atoms with van der Waals surface area (Å²) in [5.41, 5.74) is -0.125. The third-order valence-electron chi connectivity index (χ3n) is 4.00. The number of carbonyl (C=O) groups is 2. The summed E-state index contributed by atoms with van der Waals surface area (Å²) in [7, 11) is 0. The zero-order valence-corrected chi connectivity index (χ0v) is 16.4. The normalized spacial score (nSPS) is 17.0. The van der Waals surface area contributed by atoms with Gasteiger partial charge in [0.2, 0.25) is 11.8 Å². The van der Waals surface area contributed by atoms with Crippen LogP contribution in [0.3, 0.4) is 0 Å². The fraction of sp³-hybridized carbons (Fsp3) is 0.111. The number of nitro groups is 2. The Labute approximate surface area is 178 Å². The van der Waals surface area contributed by atoms with Crippen LogP contribution in [0.2, 0.25) is 0 Å². The Morgan fingerprint density at radius 2 is 1.74 bits per heavy atom. The van der Waals surface area contributed by atoms with Gasteiger partial charge in [0.15, 0.2) is 5.17 Å². The number of hydrogen-bond donors (Lipinski definition) is 2. The molecule has 0 saturated carbocycles. The van der Waals surface area contributed by atoms with Crippen LogP contribution in [0.15, 0.2) is 58.7 Å². The number of amidine groups is 1. The molecule has 0 radical (unpaired) electrons. The lowest BCUT2D eigenvalue weighted by molar-refractivity contribution is -0.385. The lowest BCUT2D eigenvalue weighted by Gasteiger charge is -2.07. The minimum Gasteiger partial charge on any atom is -0.320 e. The van der Waals surface area contributed by atoms with Gasteiger partial charge in [-0.3, -0.25) is 29.8 Å². The number of nitro benzene ring substituents is 2. The summed E-state index contributed by atoms with van der Waals surface area (Å²) in [6.45, 7) is 0. The predicted octanol–water partition coefficient (Wildman–Crippen LogP) is 2.45. The summed E-state index contributed by atoms with van der Waals surface area (Å²) in [5.74, 6) is -1.05. The zero-order valence-electron chi connectivity index (χ0n) is 15.6. The van der Waals surface area contributed by atoms with Crippen molar-refractivity contribution in [1.82, 2.24) is 5.32 Å². The van der Waals surface area contributed by atoms with Crippen molar-refractivity contribution in [3.8, 4) is 0 Å². The molecule has 31 heavy (non-hydrogen) atoms. The van der Waals surface area contributed by atoms with Crippen molar-refractivity contribution in [1.29, 1.82) is 0 Å². The van der Waals surface area contributed by atoms with Gasteiger partial charge in [0.25, 0.3) is 11.4 Å². The number of nitrogens with zero attached hydrogens (tertiary/aromatic N) is 4. The number of carbonyl (C=O) groups excluding carboxylic acids is 2. The van der Waals surface area contributed by atoms with Crippen molar-refractivity contribution in [2.24, 2.45) is 10.2 Å². The third-order valence-corrected chi connectivity index (χ3v) is 5.07. The molecule has 0 spiro atoms. The van der Waals surface area contributed by atoms with Gasteiger partial charge in [0.05, 0.1) is 21.6 Å². The standard InChI is InChI=1S/C18H14N6O6S/c25-16(20-12-6-2-4-8-14(12)24(29)30)9-15-17(26)21-18(31-15)22-19-10-11-5-1-3-7-13(11)23(27)28/h1-8,10,15H,9H2,(H,20,25)(H,21,22,26)/b19-10-/t15-/m0/s1. The van der Waals surface area contributed by atoms with Crippen LogP contribution in [0, 0.1) is 20.2 Å². The highest BCUT2D eigenvalue weighted by molar-refractivity contribution is 8.15. The zero-order chi connectivity index (χ0) is 22.4. The second-order valence-electron chi connectivity index (χ2n) is 6.09. The number of thioether (sulfide) groups is 1. The lowest BCUT2D eigenvalue weighted by Crippen LogP contribution is -2.28. The molecule has 0 aromatic heterocycles. The molecule has 0 aliphatic carbocycles. The van der Waals surface area contributed by atoms with E-state index in [1.165, 1.54) is 42.6 Å². The third kappa shape index (κ3) is 5.48. The molecule has 12 nitrogen and oxygen atoms in total. The van der Waals surface area contributed by atoms with E-state index in [0.29, 0.717) is 0 Å². The Morgan fingerprint density at radius 3 is 2.45 bits per heavy atom. The Kier molecular flexibility index (Phi) is 6.67. The highest BCUT2D eigenvalue weighted by Crippen LogP contribution is 2.26. The van der Waals surface area contributed by atoms with Gasteiger partial charge >= 0.3 is 0 Å². The molecule has 13 heteroatoms. The van der Waals surface area contributed by atoms with Crippen molar-refractivity contribution in [2.45, 2.75) is 11.7 Å². The second-order valence-corrected chi connectivity index (χ2v) is 7.28. The van der Waals surface area contributed by atoms with Gasteiger partial charge in [0.1, 0.15) is 10.9 Å². The summed E-state index contributed by atoms with van der Waals surface area (Å²) in [4.78, 5) is 45.2. The Balaban J connectivity index is 1.62. The van der Waals surface area contributed by atoms with Crippen molar-refractivity contribution >= 4 is 52.0 Å². The van der Waals surface area contributed by atoms with Crippen molar-refractivity contribution in [3.63, 3.8) is 0 Å². The summed E-state index contributed by atoms with van der Waals surface area (Å²) < 4.78 is 0. The van der Waals surface area contributed by atoms with E-state index in [9.17, 15) is 29.8 Å². The van der Waals surface area contributed by atoms with Gasteiger partial charge < -0.3 is 10.6 Å². The molecule has 1 heterocycles. The van der Waals surface area contributed by atoms with E-state index < -0.39 is 26.9 Å². The largest absolute Gasteiger partial charge is 0.320 e. The number of nitrogens with one attached hydrogen (secondary N) is 2. The van der Waals surface area contributed by atoms with Gasteiger partial charge in [-0.15, -0.1) is 5.10 Å². The molecule has 158 valence electrons. The van der Waals surface area contributed by atoms with Crippen LogP contribution in [0.1, 0.15) is 12.0 Å². The number of para-hydroxylation sites is 3. The van der Waals surface area contributed by atoms with Crippen molar-refractivity contribution in [3.05, 3.63) is 74.3 Å². The predicted molar refractivity (Wildman–Crippen MR) is 114 cm³/mol. The van der Waals surface area contributed by atoms with Gasteiger partial charge in [0, 0.05) is 18.6 Å². The second kappa shape index (κ2) is 9.58. The van der Waals surface area contributed by atoms with Gasteiger partial charge in [-0.25, -0.2) is 0 Å². The van der Waals surface area contributed by atoms with Crippen LogP contribution in [0.25, 0.3) is 0 Å². The highest BCUT2D eigenvalue weighted by Gasteiger charge is 2.32. The van der Waals surface area contributed by atoms with Crippen LogP contribution < -0.4 is 10.6 Å². The van der Waals surface area contributed by atoms with E-state index in [1.807, 2.05) is 0 Å². The smallest absolute Gasteiger partial charge is 0.292 e. The van der Waals surface area contributed by atoms with Crippen molar-refractivity contribution in [2.75, 3.05) is 5.32 Å². The van der Waals surface area contributed by atoms with Crippen molar-refractivity contribution < 1.29 is 19.4 Å². The number of amides is 2. The summed E-state index contributed by atoms with van der Waals surface area (Å²) in [6, 6.07) is 11.6. The average Bonchev–Trinajstić information content (AvgIpc) is 3.07. The molecule has 3 rings (SSSR count). The molecule has 2 amide bonds. The number of benzene rings is 2. The first-order valence-corrected chi connectivity index (χ1v) is 9.58. The van der Waals surface area contributed by atoms with E-state index in [4.69, 9.17) is 0 Å². The molecule has 2 N–H and O–H groups in total.